The van der Waals surface area contributed by atoms with Crippen LogP contribution in [0.3, 0.4) is 0 Å². The van der Waals surface area contributed by atoms with Gasteiger partial charge in [0.1, 0.15) is 5.82 Å². The Balaban J connectivity index is 1.56. The molecule has 2 aromatic rings. The molecule has 0 bridgehead atoms. The molecule has 1 heterocycles. The number of rotatable bonds is 6. The number of piperazine rings is 1. The molecule has 0 spiro atoms. The Morgan fingerprint density at radius 2 is 1.79 bits per heavy atom. The van der Waals surface area contributed by atoms with Crippen molar-refractivity contribution >= 4 is 33.2 Å². The molecule has 1 fully saturated rings. The molecule has 1 unspecified atom stereocenters. The van der Waals surface area contributed by atoms with Gasteiger partial charge in [-0.05, 0) is 30.7 Å². The molecule has 1 amide bonds. The van der Waals surface area contributed by atoms with Gasteiger partial charge in [-0.15, -0.1) is 0 Å². The number of carbonyl (C=O) groups excluding carboxylic acids is 1. The van der Waals surface area contributed by atoms with E-state index in [0.29, 0.717) is 26.2 Å². The van der Waals surface area contributed by atoms with E-state index in [9.17, 15) is 17.6 Å². The number of nitrogens with zero attached hydrogens (tertiary/aromatic N) is 2. The lowest BCUT2D eigenvalue weighted by atomic mass is 10.2. The summed E-state index contributed by atoms with van der Waals surface area (Å²) in [6.45, 7) is 3.18. The summed E-state index contributed by atoms with van der Waals surface area (Å²) < 4.78 is 40.6. The minimum atomic E-state index is -3.42. The zero-order valence-electron chi connectivity index (χ0n) is 16.0. The number of anilines is 1. The molecule has 2 aromatic carbocycles. The van der Waals surface area contributed by atoms with Crippen LogP contribution in [-0.4, -0.2) is 55.8 Å². The van der Waals surface area contributed by atoms with Gasteiger partial charge in [0, 0.05) is 31.2 Å². The fourth-order valence-corrected chi connectivity index (χ4v) is 4.91. The molecular formula is C20H23ClFN3O3S. The number of sulfonamides is 1. The molecule has 9 heteroatoms. The van der Waals surface area contributed by atoms with Crippen LogP contribution in [0.1, 0.15) is 12.5 Å². The predicted molar refractivity (Wildman–Crippen MR) is 112 cm³/mol. The van der Waals surface area contributed by atoms with Crippen LogP contribution >= 0.6 is 11.6 Å². The maximum atomic E-state index is 13.9. The number of benzene rings is 2. The summed E-state index contributed by atoms with van der Waals surface area (Å²) in [6.07, 6.45) is 0. The van der Waals surface area contributed by atoms with E-state index in [4.69, 9.17) is 11.6 Å². The second-order valence-corrected chi connectivity index (χ2v) is 9.37. The number of halogens is 2. The summed E-state index contributed by atoms with van der Waals surface area (Å²) in [4.78, 5) is 14.4. The van der Waals surface area contributed by atoms with Crippen molar-refractivity contribution in [3.05, 3.63) is 64.9 Å². The molecule has 1 aliphatic rings. The number of hydrogen-bond acceptors (Lipinski definition) is 4. The van der Waals surface area contributed by atoms with Crippen molar-refractivity contribution in [2.24, 2.45) is 0 Å². The molecule has 29 heavy (non-hydrogen) atoms. The zero-order valence-corrected chi connectivity index (χ0v) is 17.6. The van der Waals surface area contributed by atoms with E-state index in [1.807, 2.05) is 23.1 Å². The summed E-state index contributed by atoms with van der Waals surface area (Å²) >= 11 is 5.72. The van der Waals surface area contributed by atoms with E-state index in [0.717, 1.165) is 11.6 Å². The first-order chi connectivity index (χ1) is 13.8. The Kier molecular flexibility index (Phi) is 6.89. The van der Waals surface area contributed by atoms with Gasteiger partial charge >= 0.3 is 0 Å². The molecule has 156 valence electrons. The highest BCUT2D eigenvalue weighted by molar-refractivity contribution is 7.88. The first-order valence-electron chi connectivity index (χ1n) is 9.28. The second-order valence-electron chi connectivity index (χ2n) is 6.97. The lowest BCUT2D eigenvalue weighted by Gasteiger charge is -2.36. The molecule has 0 saturated carbocycles. The minimum Gasteiger partial charge on any atom is -0.322 e. The Morgan fingerprint density at radius 3 is 2.41 bits per heavy atom. The maximum absolute atomic E-state index is 13.9. The molecule has 1 atom stereocenters. The molecular weight excluding hydrogens is 417 g/mol. The van der Waals surface area contributed by atoms with Crippen molar-refractivity contribution in [3.8, 4) is 0 Å². The molecule has 0 aromatic heterocycles. The molecule has 1 N–H and O–H groups in total. The van der Waals surface area contributed by atoms with Crippen LogP contribution in [0.25, 0.3) is 0 Å². The summed E-state index contributed by atoms with van der Waals surface area (Å²) in [5.41, 5.74) is 0.808. The van der Waals surface area contributed by atoms with Crippen LogP contribution < -0.4 is 5.32 Å². The van der Waals surface area contributed by atoms with Crippen LogP contribution in [0, 0.1) is 5.82 Å². The van der Waals surface area contributed by atoms with Gasteiger partial charge < -0.3 is 5.32 Å². The SMILES string of the molecule is CC(C(=O)Nc1ccc(Cl)cc1F)N1CCN(S(=O)(=O)Cc2ccccc2)CC1. The molecule has 6 nitrogen and oxygen atoms in total. The van der Waals surface area contributed by atoms with Crippen molar-refractivity contribution in [2.45, 2.75) is 18.7 Å². The number of amides is 1. The monoisotopic (exact) mass is 439 g/mol. The number of hydrogen-bond donors (Lipinski definition) is 1. The highest BCUT2D eigenvalue weighted by atomic mass is 35.5. The Bertz CT molecular complexity index is 964. The molecule has 0 radical (unpaired) electrons. The fourth-order valence-electron chi connectivity index (χ4n) is 3.24. The zero-order chi connectivity index (χ0) is 21.0. The Hall–Kier alpha value is -2.00. The van der Waals surface area contributed by atoms with E-state index >= 15 is 0 Å². The van der Waals surface area contributed by atoms with Gasteiger partial charge in [-0.2, -0.15) is 4.31 Å². The van der Waals surface area contributed by atoms with Gasteiger partial charge in [0.2, 0.25) is 15.9 Å². The van der Waals surface area contributed by atoms with Gasteiger partial charge in [0.15, 0.2) is 0 Å². The van der Waals surface area contributed by atoms with E-state index < -0.39 is 21.9 Å². The van der Waals surface area contributed by atoms with E-state index in [1.165, 1.54) is 16.4 Å². The maximum Gasteiger partial charge on any atom is 0.241 e. The number of nitrogens with one attached hydrogen (secondary N) is 1. The van der Waals surface area contributed by atoms with Crippen LogP contribution in [0.2, 0.25) is 5.02 Å². The first kappa shape index (κ1) is 21.7. The van der Waals surface area contributed by atoms with Gasteiger partial charge in [0.25, 0.3) is 0 Å². The van der Waals surface area contributed by atoms with E-state index in [2.05, 4.69) is 5.32 Å². The van der Waals surface area contributed by atoms with Gasteiger partial charge in [0.05, 0.1) is 17.5 Å². The van der Waals surface area contributed by atoms with Gasteiger partial charge in [-0.25, -0.2) is 12.8 Å². The Morgan fingerprint density at radius 1 is 1.14 bits per heavy atom. The van der Waals surface area contributed by atoms with Crippen molar-refractivity contribution in [3.63, 3.8) is 0 Å². The normalized spacial score (nSPS) is 17.1. The molecule has 0 aliphatic carbocycles. The minimum absolute atomic E-state index is 0.0419. The van der Waals surface area contributed by atoms with Crippen LogP contribution in [0.5, 0.6) is 0 Å². The average molecular weight is 440 g/mol. The third-order valence-corrected chi connectivity index (χ3v) is 7.06. The predicted octanol–water partition coefficient (Wildman–Crippen LogP) is 2.95. The third-order valence-electron chi connectivity index (χ3n) is 4.97. The standard InChI is InChI=1S/C20H23ClFN3O3S/c1-15(20(26)23-19-8-7-17(21)13-18(19)22)24-9-11-25(12-10-24)29(27,28)14-16-5-3-2-4-6-16/h2-8,13,15H,9-12,14H2,1H3,(H,23,26). The van der Waals surface area contributed by atoms with Crippen molar-refractivity contribution in [2.75, 3.05) is 31.5 Å². The van der Waals surface area contributed by atoms with Crippen molar-refractivity contribution < 1.29 is 17.6 Å². The summed E-state index contributed by atoms with van der Waals surface area (Å²) in [5, 5.41) is 2.81. The summed E-state index contributed by atoms with van der Waals surface area (Å²) in [6, 6.07) is 12.6. The summed E-state index contributed by atoms with van der Waals surface area (Å²) in [5.74, 6) is -0.999. The van der Waals surface area contributed by atoms with E-state index in [-0.39, 0.29) is 22.4 Å². The van der Waals surface area contributed by atoms with Gasteiger partial charge in [-0.3, -0.25) is 9.69 Å². The Labute approximate surface area is 175 Å². The third kappa shape index (κ3) is 5.54. The molecule has 1 aliphatic heterocycles. The van der Waals surface area contributed by atoms with Crippen LogP contribution in [0.15, 0.2) is 48.5 Å². The number of carbonyl (C=O) groups is 1. The highest BCUT2D eigenvalue weighted by Crippen LogP contribution is 2.20. The van der Waals surface area contributed by atoms with Gasteiger partial charge in [-0.1, -0.05) is 41.9 Å². The molecule has 1 saturated heterocycles. The van der Waals surface area contributed by atoms with E-state index in [1.54, 1.807) is 19.1 Å². The topological polar surface area (TPSA) is 69.7 Å². The lowest BCUT2D eigenvalue weighted by molar-refractivity contribution is -0.121. The molecule has 3 rings (SSSR count). The quantitative estimate of drug-likeness (QED) is 0.751. The smallest absolute Gasteiger partial charge is 0.241 e. The average Bonchev–Trinajstić information content (AvgIpc) is 2.70. The van der Waals surface area contributed by atoms with Crippen LogP contribution in [0.4, 0.5) is 10.1 Å². The fraction of sp³-hybridized carbons (Fsp3) is 0.350. The van der Waals surface area contributed by atoms with Crippen molar-refractivity contribution in [1.82, 2.24) is 9.21 Å². The largest absolute Gasteiger partial charge is 0.322 e. The summed E-state index contributed by atoms with van der Waals surface area (Å²) in [7, 11) is -3.42. The first-order valence-corrected chi connectivity index (χ1v) is 11.3. The van der Waals surface area contributed by atoms with Crippen LogP contribution in [-0.2, 0) is 20.6 Å². The lowest BCUT2D eigenvalue weighted by Crippen LogP contribution is -2.54. The van der Waals surface area contributed by atoms with Crippen molar-refractivity contribution in [1.29, 1.82) is 0 Å². The highest BCUT2D eigenvalue weighted by Gasteiger charge is 2.31. The second kappa shape index (κ2) is 9.21.